The fourth-order valence-corrected chi connectivity index (χ4v) is 5.38. The van der Waals surface area contributed by atoms with Gasteiger partial charge in [-0.2, -0.15) is 11.8 Å². The zero-order chi connectivity index (χ0) is 13.1. The lowest BCUT2D eigenvalue weighted by Crippen LogP contribution is -2.49. The van der Waals surface area contributed by atoms with Gasteiger partial charge in [0.05, 0.1) is 0 Å². The molecule has 2 aliphatic heterocycles. The topological polar surface area (TPSA) is 15.3 Å². The summed E-state index contributed by atoms with van der Waals surface area (Å²) in [5, 5.41) is 3.98. The maximum atomic E-state index is 3.98. The highest BCUT2D eigenvalue weighted by Gasteiger charge is 2.37. The van der Waals surface area contributed by atoms with Gasteiger partial charge in [0.25, 0.3) is 0 Å². The van der Waals surface area contributed by atoms with Crippen LogP contribution < -0.4 is 5.32 Å². The van der Waals surface area contributed by atoms with Crippen molar-refractivity contribution >= 4 is 11.8 Å². The van der Waals surface area contributed by atoms with Gasteiger partial charge in [0.15, 0.2) is 0 Å². The third-order valence-electron chi connectivity index (χ3n) is 5.74. The van der Waals surface area contributed by atoms with Gasteiger partial charge in [0.1, 0.15) is 0 Å². The van der Waals surface area contributed by atoms with E-state index in [0.717, 1.165) is 12.1 Å². The molecule has 0 aromatic rings. The first-order valence-corrected chi connectivity index (χ1v) is 9.58. The minimum absolute atomic E-state index is 0.556. The van der Waals surface area contributed by atoms with Gasteiger partial charge in [-0.1, -0.05) is 25.7 Å². The summed E-state index contributed by atoms with van der Waals surface area (Å²) in [5.41, 5.74) is 0. The number of fused-ring (bicyclic) bond motifs is 1. The van der Waals surface area contributed by atoms with E-state index in [4.69, 9.17) is 0 Å². The Kier molecular flexibility index (Phi) is 4.76. The Hall–Kier alpha value is 0.270. The summed E-state index contributed by atoms with van der Waals surface area (Å²) < 4.78 is 0.556. The van der Waals surface area contributed by atoms with Crippen LogP contribution in [0.1, 0.15) is 57.8 Å². The number of rotatable bonds is 4. The van der Waals surface area contributed by atoms with Crippen molar-refractivity contribution in [1.82, 2.24) is 10.2 Å². The summed E-state index contributed by atoms with van der Waals surface area (Å²) in [6.07, 6.45) is 15.2. The van der Waals surface area contributed by atoms with E-state index in [-0.39, 0.29) is 0 Å². The van der Waals surface area contributed by atoms with Crippen LogP contribution in [0.15, 0.2) is 0 Å². The van der Waals surface area contributed by atoms with Crippen LogP contribution in [0.25, 0.3) is 0 Å². The zero-order valence-corrected chi connectivity index (χ0v) is 13.3. The Morgan fingerprint density at radius 1 is 1.05 bits per heavy atom. The van der Waals surface area contributed by atoms with Gasteiger partial charge in [-0.05, 0) is 44.9 Å². The summed E-state index contributed by atoms with van der Waals surface area (Å²) in [7, 11) is 0. The first-order valence-electron chi connectivity index (χ1n) is 8.36. The molecule has 110 valence electrons. The number of piperidine rings is 1. The van der Waals surface area contributed by atoms with Gasteiger partial charge < -0.3 is 5.32 Å². The van der Waals surface area contributed by atoms with Crippen molar-refractivity contribution in [1.29, 1.82) is 0 Å². The van der Waals surface area contributed by atoms with Gasteiger partial charge in [-0.25, -0.2) is 0 Å². The van der Waals surface area contributed by atoms with Crippen LogP contribution in [-0.4, -0.2) is 47.6 Å². The lowest BCUT2D eigenvalue weighted by molar-refractivity contribution is 0.178. The first kappa shape index (κ1) is 14.2. The SMILES string of the molecule is CSC1(CNC2CCN3CCCCC23)CCCCC1. The molecule has 2 nitrogen and oxygen atoms in total. The summed E-state index contributed by atoms with van der Waals surface area (Å²) in [5.74, 6) is 0. The second-order valence-electron chi connectivity index (χ2n) is 6.82. The van der Waals surface area contributed by atoms with Crippen molar-refractivity contribution in [3.8, 4) is 0 Å². The van der Waals surface area contributed by atoms with E-state index in [2.05, 4.69) is 28.2 Å². The molecule has 2 heterocycles. The summed E-state index contributed by atoms with van der Waals surface area (Å²) in [4.78, 5) is 2.74. The molecule has 3 fully saturated rings. The maximum absolute atomic E-state index is 3.98. The molecule has 0 spiro atoms. The lowest BCUT2D eigenvalue weighted by Gasteiger charge is -2.38. The average Bonchev–Trinajstić information content (AvgIpc) is 2.89. The molecule has 2 atom stereocenters. The van der Waals surface area contributed by atoms with Crippen molar-refractivity contribution in [2.45, 2.75) is 74.6 Å². The predicted octanol–water partition coefficient (Wildman–Crippen LogP) is 3.27. The van der Waals surface area contributed by atoms with Crippen LogP contribution in [0.4, 0.5) is 0 Å². The van der Waals surface area contributed by atoms with Gasteiger partial charge in [-0.15, -0.1) is 0 Å². The highest BCUT2D eigenvalue weighted by molar-refractivity contribution is 8.00. The van der Waals surface area contributed by atoms with E-state index >= 15 is 0 Å². The molecule has 0 aromatic heterocycles. The third-order valence-corrected chi connectivity index (χ3v) is 7.16. The van der Waals surface area contributed by atoms with Crippen LogP contribution in [0.3, 0.4) is 0 Å². The average molecular weight is 282 g/mol. The molecule has 2 unspecified atom stereocenters. The molecule has 0 bridgehead atoms. The smallest absolute Gasteiger partial charge is 0.0281 e. The number of hydrogen-bond donors (Lipinski definition) is 1. The van der Waals surface area contributed by atoms with Crippen molar-refractivity contribution in [3.05, 3.63) is 0 Å². The molecule has 2 saturated heterocycles. The molecule has 1 saturated carbocycles. The number of nitrogens with zero attached hydrogens (tertiary/aromatic N) is 1. The molecule has 0 aromatic carbocycles. The van der Waals surface area contributed by atoms with E-state index in [0.29, 0.717) is 4.75 Å². The fourth-order valence-electron chi connectivity index (χ4n) is 4.45. The second-order valence-corrected chi connectivity index (χ2v) is 8.10. The Morgan fingerprint density at radius 2 is 1.89 bits per heavy atom. The molecule has 3 heteroatoms. The highest BCUT2D eigenvalue weighted by atomic mass is 32.2. The van der Waals surface area contributed by atoms with Gasteiger partial charge >= 0.3 is 0 Å². The van der Waals surface area contributed by atoms with Crippen molar-refractivity contribution in [3.63, 3.8) is 0 Å². The minimum atomic E-state index is 0.556. The quantitative estimate of drug-likeness (QED) is 0.852. The molecule has 0 amide bonds. The molecular weight excluding hydrogens is 252 g/mol. The van der Waals surface area contributed by atoms with Crippen LogP contribution in [0.2, 0.25) is 0 Å². The normalized spacial score (nSPS) is 35.2. The third kappa shape index (κ3) is 3.14. The largest absolute Gasteiger partial charge is 0.311 e. The monoisotopic (exact) mass is 282 g/mol. The first-order chi connectivity index (χ1) is 9.33. The Bertz CT molecular complexity index is 288. The Labute approximate surface area is 123 Å². The maximum Gasteiger partial charge on any atom is 0.0281 e. The predicted molar refractivity (Wildman–Crippen MR) is 85.0 cm³/mol. The van der Waals surface area contributed by atoms with Crippen LogP contribution >= 0.6 is 11.8 Å². The van der Waals surface area contributed by atoms with Crippen LogP contribution in [0.5, 0.6) is 0 Å². The lowest BCUT2D eigenvalue weighted by atomic mass is 9.87. The summed E-state index contributed by atoms with van der Waals surface area (Å²) in [6.45, 7) is 3.95. The Balaban J connectivity index is 1.53. The fraction of sp³-hybridized carbons (Fsp3) is 1.00. The number of hydrogen-bond acceptors (Lipinski definition) is 3. The van der Waals surface area contributed by atoms with Crippen LogP contribution in [-0.2, 0) is 0 Å². The molecule has 3 aliphatic rings. The number of thioether (sulfide) groups is 1. The summed E-state index contributed by atoms with van der Waals surface area (Å²) in [6, 6.07) is 1.64. The molecule has 1 N–H and O–H groups in total. The van der Waals surface area contributed by atoms with Gasteiger partial charge in [-0.3, -0.25) is 4.90 Å². The standard InChI is InChI=1S/C16H30N2S/c1-19-16(9-4-2-5-10-16)13-17-14-8-12-18-11-6-3-7-15(14)18/h14-15,17H,2-13H2,1H3. The minimum Gasteiger partial charge on any atom is -0.311 e. The van der Waals surface area contributed by atoms with Crippen LogP contribution in [0, 0.1) is 0 Å². The molecule has 0 radical (unpaired) electrons. The van der Waals surface area contributed by atoms with E-state index in [1.54, 1.807) is 0 Å². The molecule has 19 heavy (non-hydrogen) atoms. The van der Waals surface area contributed by atoms with Gasteiger partial charge in [0, 0.05) is 29.9 Å². The van der Waals surface area contributed by atoms with E-state index in [9.17, 15) is 0 Å². The van der Waals surface area contributed by atoms with Crippen molar-refractivity contribution < 1.29 is 0 Å². The Morgan fingerprint density at radius 3 is 2.68 bits per heavy atom. The van der Waals surface area contributed by atoms with Gasteiger partial charge in [0.2, 0.25) is 0 Å². The van der Waals surface area contributed by atoms with E-state index in [1.807, 2.05) is 0 Å². The molecular formula is C16H30N2S. The molecule has 3 rings (SSSR count). The zero-order valence-electron chi connectivity index (χ0n) is 12.5. The van der Waals surface area contributed by atoms with Crippen molar-refractivity contribution in [2.75, 3.05) is 25.9 Å². The van der Waals surface area contributed by atoms with E-state index in [1.165, 1.54) is 77.4 Å². The second kappa shape index (κ2) is 6.36. The van der Waals surface area contributed by atoms with E-state index < -0.39 is 0 Å². The van der Waals surface area contributed by atoms with Crippen molar-refractivity contribution in [2.24, 2.45) is 0 Å². The highest BCUT2D eigenvalue weighted by Crippen LogP contribution is 2.38. The summed E-state index contributed by atoms with van der Waals surface area (Å²) >= 11 is 2.13. The molecule has 1 aliphatic carbocycles. The number of nitrogens with one attached hydrogen (secondary N) is 1.